The Morgan fingerprint density at radius 1 is 1.26 bits per heavy atom. The maximum absolute atomic E-state index is 12.6. The third kappa shape index (κ3) is 3.37. The Morgan fingerprint density at radius 3 is 2.83 bits per heavy atom. The van der Waals surface area contributed by atoms with Gasteiger partial charge in [0.15, 0.2) is 0 Å². The zero-order valence-electron chi connectivity index (χ0n) is 12.1. The second-order valence-electron chi connectivity index (χ2n) is 5.26. The average molecular weight is 376 g/mol. The van der Waals surface area contributed by atoms with Gasteiger partial charge in [-0.3, -0.25) is 9.59 Å². The lowest BCUT2D eigenvalue weighted by Gasteiger charge is -2.13. The van der Waals surface area contributed by atoms with E-state index >= 15 is 0 Å². The van der Waals surface area contributed by atoms with Gasteiger partial charge in [-0.15, -0.1) is 0 Å². The van der Waals surface area contributed by atoms with Crippen LogP contribution in [0.5, 0.6) is 5.75 Å². The number of carbonyl (C=O) groups is 2. The number of nitrogens with one attached hydrogen (secondary N) is 1. The van der Waals surface area contributed by atoms with Crippen LogP contribution >= 0.6 is 15.9 Å². The summed E-state index contributed by atoms with van der Waals surface area (Å²) in [6.07, 6.45) is -0.139. The Labute approximate surface area is 141 Å². The number of anilines is 1. The molecule has 0 aliphatic carbocycles. The van der Waals surface area contributed by atoms with Crippen LogP contribution in [-0.4, -0.2) is 23.6 Å². The van der Waals surface area contributed by atoms with Gasteiger partial charge in [0.25, 0.3) is 0 Å². The first-order valence-corrected chi connectivity index (χ1v) is 7.86. The van der Waals surface area contributed by atoms with Crippen LogP contribution in [0.15, 0.2) is 46.9 Å². The molecule has 2 N–H and O–H groups in total. The van der Waals surface area contributed by atoms with Crippen LogP contribution in [0.3, 0.4) is 0 Å². The molecule has 1 heterocycles. The zero-order chi connectivity index (χ0) is 16.4. The van der Waals surface area contributed by atoms with Crippen LogP contribution in [0.2, 0.25) is 0 Å². The van der Waals surface area contributed by atoms with E-state index in [0.717, 1.165) is 10.0 Å². The molecule has 1 atom stereocenters. The summed E-state index contributed by atoms with van der Waals surface area (Å²) in [6.45, 7) is 0.277. The number of hydrogen-bond acceptors (Lipinski definition) is 3. The first-order chi connectivity index (χ1) is 11.0. The summed E-state index contributed by atoms with van der Waals surface area (Å²) in [5.74, 6) is -0.864. The van der Waals surface area contributed by atoms with E-state index in [2.05, 4.69) is 21.2 Å². The van der Waals surface area contributed by atoms with Gasteiger partial charge in [-0.1, -0.05) is 34.1 Å². The number of ether oxygens (including phenoxy) is 1. The number of aliphatic carboxylic acids is 1. The molecular weight excluding hydrogens is 362 g/mol. The maximum Gasteiger partial charge on any atom is 0.307 e. The van der Waals surface area contributed by atoms with E-state index in [4.69, 9.17) is 9.84 Å². The summed E-state index contributed by atoms with van der Waals surface area (Å²) in [4.78, 5) is 23.5. The number of benzene rings is 2. The number of rotatable bonds is 4. The monoisotopic (exact) mass is 375 g/mol. The molecule has 0 spiro atoms. The summed E-state index contributed by atoms with van der Waals surface area (Å²) < 4.78 is 6.42. The molecule has 118 valence electrons. The third-order valence-electron chi connectivity index (χ3n) is 3.69. The van der Waals surface area contributed by atoms with Crippen molar-refractivity contribution >= 4 is 33.5 Å². The molecule has 2 aromatic carbocycles. The Bertz CT molecular complexity index is 775. The number of carbonyl (C=O) groups excluding carboxylic acids is 1. The molecule has 3 rings (SSSR count). The first kappa shape index (κ1) is 15.6. The maximum atomic E-state index is 12.6. The van der Waals surface area contributed by atoms with Gasteiger partial charge in [0, 0.05) is 15.7 Å². The van der Waals surface area contributed by atoms with E-state index in [0.29, 0.717) is 17.0 Å². The molecule has 0 saturated carbocycles. The summed E-state index contributed by atoms with van der Waals surface area (Å²) in [6, 6.07) is 12.5. The number of para-hydroxylation sites is 1. The molecule has 0 saturated heterocycles. The average Bonchev–Trinajstić information content (AvgIpc) is 2.91. The minimum atomic E-state index is -0.940. The van der Waals surface area contributed by atoms with Gasteiger partial charge in [0.1, 0.15) is 18.3 Å². The van der Waals surface area contributed by atoms with Crippen LogP contribution in [0.1, 0.15) is 17.0 Å². The highest BCUT2D eigenvalue weighted by atomic mass is 79.9. The minimum absolute atomic E-state index is 0.139. The molecule has 5 nitrogen and oxygen atoms in total. The normalized spacial score (nSPS) is 15.6. The lowest BCUT2D eigenvalue weighted by molar-refractivity contribution is -0.136. The van der Waals surface area contributed by atoms with Crippen molar-refractivity contribution in [3.05, 3.63) is 58.1 Å². The fourth-order valence-electron chi connectivity index (χ4n) is 2.58. The van der Waals surface area contributed by atoms with Gasteiger partial charge in [-0.2, -0.15) is 0 Å². The fourth-order valence-corrected chi connectivity index (χ4v) is 2.96. The van der Waals surface area contributed by atoms with E-state index in [1.165, 1.54) is 0 Å². The van der Waals surface area contributed by atoms with Crippen molar-refractivity contribution in [2.24, 2.45) is 0 Å². The quantitative estimate of drug-likeness (QED) is 0.860. The predicted molar refractivity (Wildman–Crippen MR) is 88.8 cm³/mol. The van der Waals surface area contributed by atoms with Crippen LogP contribution in [0, 0.1) is 0 Å². The number of carboxylic acids is 1. The van der Waals surface area contributed by atoms with Crippen molar-refractivity contribution in [2.75, 3.05) is 11.9 Å². The molecular formula is C17H14BrNO4. The molecule has 1 unspecified atom stereocenters. The van der Waals surface area contributed by atoms with E-state index in [-0.39, 0.29) is 18.9 Å². The molecule has 0 bridgehead atoms. The highest BCUT2D eigenvalue weighted by molar-refractivity contribution is 9.10. The van der Waals surface area contributed by atoms with E-state index in [1.807, 2.05) is 18.2 Å². The molecule has 0 fully saturated rings. The standard InChI is InChI=1S/C17H14BrNO4/c18-11-5-6-15-12(8-11)13(9-23-15)17(22)19-14-4-2-1-3-10(14)7-16(20)21/h1-6,8,13H,7,9H2,(H,19,22)(H,20,21). The second-order valence-corrected chi connectivity index (χ2v) is 6.18. The number of amides is 1. The summed E-state index contributed by atoms with van der Waals surface area (Å²) >= 11 is 3.39. The van der Waals surface area contributed by atoms with Crippen LogP contribution < -0.4 is 10.1 Å². The molecule has 1 aliphatic heterocycles. The summed E-state index contributed by atoms with van der Waals surface area (Å²) in [7, 11) is 0. The SMILES string of the molecule is O=C(O)Cc1ccccc1NC(=O)C1COc2ccc(Br)cc21. The zero-order valence-corrected chi connectivity index (χ0v) is 13.7. The largest absolute Gasteiger partial charge is 0.492 e. The van der Waals surface area contributed by atoms with Gasteiger partial charge < -0.3 is 15.2 Å². The van der Waals surface area contributed by atoms with Gasteiger partial charge in [-0.25, -0.2) is 0 Å². The van der Waals surface area contributed by atoms with Gasteiger partial charge in [0.2, 0.25) is 5.91 Å². The van der Waals surface area contributed by atoms with E-state index < -0.39 is 11.9 Å². The van der Waals surface area contributed by atoms with Crippen molar-refractivity contribution in [1.29, 1.82) is 0 Å². The number of fused-ring (bicyclic) bond motifs is 1. The Hall–Kier alpha value is -2.34. The van der Waals surface area contributed by atoms with E-state index in [9.17, 15) is 9.59 Å². The summed E-state index contributed by atoms with van der Waals surface area (Å²) in [5.41, 5.74) is 1.91. The Balaban J connectivity index is 1.82. The van der Waals surface area contributed by atoms with Crippen molar-refractivity contribution in [2.45, 2.75) is 12.3 Å². The second kappa shape index (κ2) is 6.42. The van der Waals surface area contributed by atoms with Crippen LogP contribution in [-0.2, 0) is 16.0 Å². The van der Waals surface area contributed by atoms with Gasteiger partial charge >= 0.3 is 5.97 Å². The van der Waals surface area contributed by atoms with Crippen molar-refractivity contribution in [3.63, 3.8) is 0 Å². The van der Waals surface area contributed by atoms with E-state index in [1.54, 1.807) is 24.3 Å². The molecule has 1 amide bonds. The molecule has 0 aromatic heterocycles. The highest BCUT2D eigenvalue weighted by Crippen LogP contribution is 2.36. The lowest BCUT2D eigenvalue weighted by atomic mass is 10.00. The Kier molecular flexibility index (Phi) is 4.34. The molecule has 23 heavy (non-hydrogen) atoms. The van der Waals surface area contributed by atoms with Gasteiger partial charge in [-0.05, 0) is 29.8 Å². The van der Waals surface area contributed by atoms with Crippen molar-refractivity contribution in [1.82, 2.24) is 0 Å². The topological polar surface area (TPSA) is 75.6 Å². The fraction of sp³-hybridized carbons (Fsp3) is 0.176. The molecule has 0 radical (unpaired) electrons. The lowest BCUT2D eigenvalue weighted by Crippen LogP contribution is -2.23. The smallest absolute Gasteiger partial charge is 0.307 e. The molecule has 1 aliphatic rings. The van der Waals surface area contributed by atoms with Gasteiger partial charge in [0.05, 0.1) is 6.42 Å². The number of carboxylic acid groups (broad SMARTS) is 1. The number of halogens is 1. The first-order valence-electron chi connectivity index (χ1n) is 7.07. The predicted octanol–water partition coefficient (Wildman–Crippen LogP) is 3.19. The highest BCUT2D eigenvalue weighted by Gasteiger charge is 2.31. The third-order valence-corrected chi connectivity index (χ3v) is 4.18. The van der Waals surface area contributed by atoms with Crippen LogP contribution in [0.4, 0.5) is 5.69 Å². The molecule has 6 heteroatoms. The Morgan fingerprint density at radius 2 is 2.04 bits per heavy atom. The summed E-state index contributed by atoms with van der Waals surface area (Å²) in [5, 5.41) is 11.8. The van der Waals surface area contributed by atoms with Crippen molar-refractivity contribution < 1.29 is 19.4 Å². The number of hydrogen-bond donors (Lipinski definition) is 2. The van der Waals surface area contributed by atoms with Crippen LogP contribution in [0.25, 0.3) is 0 Å². The molecule has 2 aromatic rings. The minimum Gasteiger partial charge on any atom is -0.492 e. The van der Waals surface area contributed by atoms with Crippen molar-refractivity contribution in [3.8, 4) is 5.75 Å².